The number of rotatable bonds is 1. The zero-order chi connectivity index (χ0) is 11.8. The molecule has 0 unspecified atom stereocenters. The Morgan fingerprint density at radius 1 is 1.06 bits per heavy atom. The second-order valence-electron chi connectivity index (χ2n) is 4.49. The Morgan fingerprint density at radius 2 is 1.82 bits per heavy atom. The minimum absolute atomic E-state index is 0.385. The van der Waals surface area contributed by atoms with E-state index in [1.165, 1.54) is 21.6 Å². The van der Waals surface area contributed by atoms with E-state index in [2.05, 4.69) is 66.8 Å². The Balaban J connectivity index is 2.11. The van der Waals surface area contributed by atoms with Crippen LogP contribution in [-0.2, 0) is 0 Å². The largest absolute Gasteiger partial charge is 0.237 e. The number of nitrogens with zero attached hydrogens (tertiary/aromatic N) is 1. The summed E-state index contributed by atoms with van der Waals surface area (Å²) in [4.78, 5) is 1.38. The summed E-state index contributed by atoms with van der Waals surface area (Å²) in [5.74, 6) is 0. The second-order valence-corrected chi connectivity index (χ2v) is 5.69. The van der Waals surface area contributed by atoms with Crippen LogP contribution in [0.4, 0.5) is 0 Å². The van der Waals surface area contributed by atoms with E-state index >= 15 is 0 Å². The highest BCUT2D eigenvalue weighted by molar-refractivity contribution is 7.97. The molecule has 17 heavy (non-hydrogen) atoms. The van der Waals surface area contributed by atoms with E-state index < -0.39 is 0 Å². The quantitative estimate of drug-likeness (QED) is 0.693. The zero-order valence-electron chi connectivity index (χ0n) is 10.1. The molecule has 0 radical (unpaired) electrons. The highest BCUT2D eigenvalue weighted by Gasteiger charge is 2.29. The fourth-order valence-corrected chi connectivity index (χ4v) is 3.45. The standard InChI is InChI=1S/C15H15NS/c1-11-8-9-14-13(10-11)15(16(2)17-14)12-6-4-3-5-7-12/h3-10,15H,1-2H3/t15-/m1/s1. The van der Waals surface area contributed by atoms with Crippen molar-refractivity contribution in [2.75, 3.05) is 7.05 Å². The van der Waals surface area contributed by atoms with Crippen molar-refractivity contribution in [1.82, 2.24) is 4.31 Å². The fraction of sp³-hybridized carbons (Fsp3) is 0.200. The average molecular weight is 241 g/mol. The molecule has 0 N–H and O–H groups in total. The van der Waals surface area contributed by atoms with Crippen LogP contribution in [0, 0.1) is 6.92 Å². The maximum Gasteiger partial charge on any atom is 0.0713 e. The van der Waals surface area contributed by atoms with Crippen LogP contribution in [0.25, 0.3) is 0 Å². The molecule has 0 amide bonds. The summed E-state index contributed by atoms with van der Waals surface area (Å²) in [5, 5.41) is 0. The van der Waals surface area contributed by atoms with Gasteiger partial charge in [0.2, 0.25) is 0 Å². The lowest BCUT2D eigenvalue weighted by atomic mass is 9.98. The minimum atomic E-state index is 0.385. The second kappa shape index (κ2) is 4.21. The third kappa shape index (κ3) is 1.88. The van der Waals surface area contributed by atoms with Gasteiger partial charge in [-0.25, -0.2) is 4.31 Å². The van der Waals surface area contributed by atoms with Gasteiger partial charge in [0, 0.05) is 4.90 Å². The average Bonchev–Trinajstić information content (AvgIpc) is 2.65. The molecule has 1 nitrogen and oxygen atoms in total. The molecule has 3 rings (SSSR count). The van der Waals surface area contributed by atoms with Gasteiger partial charge < -0.3 is 0 Å². The fourth-order valence-electron chi connectivity index (χ4n) is 2.39. The molecule has 2 heteroatoms. The summed E-state index contributed by atoms with van der Waals surface area (Å²) in [6, 6.07) is 17.8. The SMILES string of the molecule is Cc1ccc2c(c1)[C@@H](c1ccccc1)N(C)S2. The van der Waals surface area contributed by atoms with Crippen molar-refractivity contribution < 1.29 is 0 Å². The zero-order valence-corrected chi connectivity index (χ0v) is 10.9. The molecule has 2 aromatic carbocycles. The van der Waals surface area contributed by atoms with E-state index in [0.717, 1.165) is 0 Å². The third-order valence-corrected chi connectivity index (χ3v) is 4.25. The van der Waals surface area contributed by atoms with Gasteiger partial charge in [-0.3, -0.25) is 0 Å². The van der Waals surface area contributed by atoms with Crippen LogP contribution in [0.3, 0.4) is 0 Å². The Labute approximate surface area is 107 Å². The van der Waals surface area contributed by atoms with Crippen LogP contribution in [-0.4, -0.2) is 11.4 Å². The van der Waals surface area contributed by atoms with Gasteiger partial charge in [-0.15, -0.1) is 0 Å². The molecule has 0 fully saturated rings. The topological polar surface area (TPSA) is 3.24 Å². The molecule has 1 atom stereocenters. The number of fused-ring (bicyclic) bond motifs is 1. The van der Waals surface area contributed by atoms with Gasteiger partial charge in [0.1, 0.15) is 0 Å². The van der Waals surface area contributed by atoms with Crippen LogP contribution in [0.5, 0.6) is 0 Å². The summed E-state index contributed by atoms with van der Waals surface area (Å²) in [5.41, 5.74) is 4.14. The normalized spacial score (nSPS) is 19.3. The molecule has 0 bridgehead atoms. The molecular weight excluding hydrogens is 226 g/mol. The van der Waals surface area contributed by atoms with Crippen LogP contribution < -0.4 is 0 Å². The summed E-state index contributed by atoms with van der Waals surface area (Å²) in [6.45, 7) is 2.16. The van der Waals surface area contributed by atoms with Crippen molar-refractivity contribution in [3.63, 3.8) is 0 Å². The van der Waals surface area contributed by atoms with E-state index in [9.17, 15) is 0 Å². The lowest BCUT2D eigenvalue weighted by Gasteiger charge is -2.19. The number of hydrogen-bond donors (Lipinski definition) is 0. The van der Waals surface area contributed by atoms with E-state index in [1.54, 1.807) is 0 Å². The first-order valence-electron chi connectivity index (χ1n) is 5.82. The van der Waals surface area contributed by atoms with Crippen molar-refractivity contribution in [2.24, 2.45) is 0 Å². The summed E-state index contributed by atoms with van der Waals surface area (Å²) >= 11 is 1.84. The van der Waals surface area contributed by atoms with Gasteiger partial charge in [-0.2, -0.15) is 0 Å². The summed E-state index contributed by atoms with van der Waals surface area (Å²) in [7, 11) is 2.16. The Hall–Kier alpha value is -1.25. The Bertz CT molecular complexity index is 536. The highest BCUT2D eigenvalue weighted by Crippen LogP contribution is 2.46. The maximum atomic E-state index is 2.33. The first-order valence-corrected chi connectivity index (χ1v) is 6.59. The highest BCUT2D eigenvalue weighted by atomic mass is 32.2. The van der Waals surface area contributed by atoms with Crippen LogP contribution in [0.2, 0.25) is 0 Å². The Morgan fingerprint density at radius 3 is 2.59 bits per heavy atom. The lowest BCUT2D eigenvalue weighted by molar-refractivity contribution is 0.496. The predicted molar refractivity (Wildman–Crippen MR) is 73.1 cm³/mol. The predicted octanol–water partition coefficient (Wildman–Crippen LogP) is 4.04. The molecule has 0 aromatic heterocycles. The molecule has 2 aromatic rings. The van der Waals surface area contributed by atoms with Crippen molar-refractivity contribution in [3.8, 4) is 0 Å². The Kier molecular flexibility index (Phi) is 2.69. The third-order valence-electron chi connectivity index (χ3n) is 3.18. The molecule has 1 aliphatic heterocycles. The van der Waals surface area contributed by atoms with Crippen molar-refractivity contribution in [2.45, 2.75) is 17.9 Å². The van der Waals surface area contributed by atoms with E-state index in [4.69, 9.17) is 0 Å². The minimum Gasteiger partial charge on any atom is -0.237 e. The number of hydrogen-bond acceptors (Lipinski definition) is 2. The van der Waals surface area contributed by atoms with E-state index in [1.807, 2.05) is 11.9 Å². The van der Waals surface area contributed by atoms with Crippen molar-refractivity contribution >= 4 is 11.9 Å². The molecule has 1 heterocycles. The number of aryl methyl sites for hydroxylation is 1. The van der Waals surface area contributed by atoms with Crippen LogP contribution in [0.1, 0.15) is 22.7 Å². The first-order chi connectivity index (χ1) is 8.25. The van der Waals surface area contributed by atoms with Gasteiger partial charge in [0.25, 0.3) is 0 Å². The lowest BCUT2D eigenvalue weighted by Crippen LogP contribution is -2.13. The van der Waals surface area contributed by atoms with Gasteiger partial charge in [0.05, 0.1) is 6.04 Å². The molecular formula is C15H15NS. The maximum absolute atomic E-state index is 2.33. The van der Waals surface area contributed by atoms with Gasteiger partial charge >= 0.3 is 0 Å². The molecule has 86 valence electrons. The van der Waals surface area contributed by atoms with Crippen LogP contribution in [0.15, 0.2) is 53.4 Å². The van der Waals surface area contributed by atoms with Crippen molar-refractivity contribution in [3.05, 3.63) is 65.2 Å². The summed E-state index contributed by atoms with van der Waals surface area (Å²) in [6.07, 6.45) is 0. The molecule has 0 aliphatic carbocycles. The summed E-state index contributed by atoms with van der Waals surface area (Å²) < 4.78 is 2.33. The van der Waals surface area contributed by atoms with Gasteiger partial charge in [-0.1, -0.05) is 48.0 Å². The smallest absolute Gasteiger partial charge is 0.0713 e. The van der Waals surface area contributed by atoms with Gasteiger partial charge in [-0.05, 0) is 43.1 Å². The van der Waals surface area contributed by atoms with E-state index in [0.29, 0.717) is 6.04 Å². The first kappa shape index (κ1) is 10.9. The molecule has 0 spiro atoms. The van der Waals surface area contributed by atoms with Crippen LogP contribution >= 0.6 is 11.9 Å². The molecule has 1 aliphatic rings. The monoisotopic (exact) mass is 241 g/mol. The van der Waals surface area contributed by atoms with Gasteiger partial charge in [0.15, 0.2) is 0 Å². The number of benzene rings is 2. The van der Waals surface area contributed by atoms with E-state index in [-0.39, 0.29) is 0 Å². The van der Waals surface area contributed by atoms with Crippen molar-refractivity contribution in [1.29, 1.82) is 0 Å². The molecule has 0 saturated heterocycles. The molecule has 0 saturated carbocycles.